The molecule has 1 aliphatic heterocycles. The first-order chi connectivity index (χ1) is 28.8. The molecule has 0 spiro atoms. The first-order valence-electron chi connectivity index (χ1n) is 20.9. The normalized spacial score (nSPS) is 18.8. The van der Waals surface area contributed by atoms with Gasteiger partial charge in [0, 0.05) is 34.3 Å². The number of aliphatic hydroxyl groups is 1. The molecule has 3 aromatic rings. The van der Waals surface area contributed by atoms with Crippen molar-refractivity contribution in [3.63, 3.8) is 0 Å². The van der Waals surface area contributed by atoms with E-state index in [9.17, 15) is 14.7 Å². The Morgan fingerprint density at radius 2 is 1.49 bits per heavy atom. The monoisotopic (exact) mass is 876 g/mol. The second-order valence-corrected chi connectivity index (χ2v) is 27.6. The highest BCUT2D eigenvalue weighted by Gasteiger charge is 2.51. The Kier molecular flexibility index (Phi) is 18.0. The van der Waals surface area contributed by atoms with Crippen LogP contribution in [-0.2, 0) is 28.4 Å². The molecule has 11 nitrogen and oxygen atoms in total. The summed E-state index contributed by atoms with van der Waals surface area (Å²) in [6, 6.07) is 24.1. The van der Waals surface area contributed by atoms with Crippen molar-refractivity contribution in [3.8, 4) is 23.3 Å². The largest absolute Gasteiger partial charge is 0.497 e. The van der Waals surface area contributed by atoms with Crippen LogP contribution >= 0.6 is 0 Å². The number of rotatable bonds is 21. The van der Waals surface area contributed by atoms with Crippen LogP contribution in [0.4, 0.5) is 0 Å². The van der Waals surface area contributed by atoms with Crippen molar-refractivity contribution in [1.29, 1.82) is 0 Å². The van der Waals surface area contributed by atoms with E-state index in [4.69, 9.17) is 37.9 Å². The minimum Gasteiger partial charge on any atom is -0.497 e. The molecule has 1 heterocycles. The third-order valence-electron chi connectivity index (χ3n) is 11.1. The van der Waals surface area contributed by atoms with Crippen LogP contribution < -0.4 is 19.8 Å². The molecule has 61 heavy (non-hydrogen) atoms. The summed E-state index contributed by atoms with van der Waals surface area (Å²) in [4.78, 5) is 26.4. The number of aliphatic hydroxyl groups excluding tert-OH is 1. The van der Waals surface area contributed by atoms with E-state index in [0.717, 1.165) is 16.4 Å². The Bertz CT molecular complexity index is 1900. The fraction of sp³-hybridized carbons (Fsp3) is 0.521. The maximum atomic E-state index is 13.7. The van der Waals surface area contributed by atoms with Crippen LogP contribution in [0.15, 0.2) is 78.9 Å². The van der Waals surface area contributed by atoms with E-state index in [0.29, 0.717) is 17.7 Å². The highest BCUT2D eigenvalue weighted by molar-refractivity contribution is 6.98. The zero-order valence-corrected chi connectivity index (χ0v) is 40.2. The van der Waals surface area contributed by atoms with Gasteiger partial charge in [-0.15, -0.1) is 0 Å². The summed E-state index contributed by atoms with van der Waals surface area (Å²) < 4.78 is 46.5. The van der Waals surface area contributed by atoms with Gasteiger partial charge >= 0.3 is 5.97 Å². The smallest absolute Gasteiger partial charge is 0.342 e. The summed E-state index contributed by atoms with van der Waals surface area (Å²) in [7, 11) is -0.188. The molecule has 1 aliphatic rings. The summed E-state index contributed by atoms with van der Waals surface area (Å²) in [5, 5.41) is 13.2. The Hall–Kier alpha value is -3.82. The van der Waals surface area contributed by atoms with Crippen molar-refractivity contribution < 1.29 is 52.6 Å². The topological polar surface area (TPSA) is 131 Å². The van der Waals surface area contributed by atoms with Crippen LogP contribution in [0.3, 0.4) is 0 Å². The van der Waals surface area contributed by atoms with E-state index in [1.165, 1.54) is 21.3 Å². The molecule has 4 rings (SSSR count). The van der Waals surface area contributed by atoms with Crippen molar-refractivity contribution in [2.45, 2.75) is 109 Å². The molecule has 6 atom stereocenters. The average molecular weight is 877 g/mol. The van der Waals surface area contributed by atoms with Gasteiger partial charge in [-0.1, -0.05) is 132 Å². The predicted octanol–water partition coefficient (Wildman–Crippen LogP) is 7.25. The summed E-state index contributed by atoms with van der Waals surface area (Å²) in [6.07, 6.45) is 0.298. The number of carbonyl (C=O) groups excluding carboxylic acids is 1. The summed E-state index contributed by atoms with van der Waals surface area (Å²) in [5.41, 5.74) is 0.645. The Labute approximate surface area is 365 Å². The van der Waals surface area contributed by atoms with Gasteiger partial charge in [0.05, 0.1) is 13.7 Å². The van der Waals surface area contributed by atoms with Crippen LogP contribution in [-0.4, -0.2) is 104 Å². The average Bonchev–Trinajstić information content (AvgIpc) is 3.55. The van der Waals surface area contributed by atoms with Gasteiger partial charge in [0.25, 0.3) is 8.32 Å². The number of carbonyl (C=O) groups is 1. The minimum atomic E-state index is -3.23. The number of methoxy groups -OCH3 is 3. The van der Waals surface area contributed by atoms with Crippen LogP contribution in [0.5, 0.6) is 11.5 Å². The van der Waals surface area contributed by atoms with E-state index in [1.54, 1.807) is 38.1 Å². The fourth-order valence-electron chi connectivity index (χ4n) is 7.63. The first-order valence-corrected chi connectivity index (χ1v) is 26.6. The molecule has 3 aromatic carbocycles. The van der Waals surface area contributed by atoms with Gasteiger partial charge in [-0.3, -0.25) is 0 Å². The quantitative estimate of drug-likeness (QED) is 0.0486. The minimum absolute atomic E-state index is 0.0619. The maximum absolute atomic E-state index is 13.7. The van der Waals surface area contributed by atoms with Gasteiger partial charge in [-0.25, -0.2) is 4.79 Å². The zero-order chi connectivity index (χ0) is 45.0. The van der Waals surface area contributed by atoms with Crippen molar-refractivity contribution in [2.24, 2.45) is 11.8 Å². The number of ether oxygens (including phenoxy) is 8. The van der Waals surface area contributed by atoms with Gasteiger partial charge in [-0.05, 0) is 59.3 Å². The maximum Gasteiger partial charge on any atom is 0.342 e. The molecule has 0 radical (unpaired) electrons. The molecule has 0 bridgehead atoms. The van der Waals surface area contributed by atoms with Gasteiger partial charge in [-0.2, -0.15) is 0 Å². The molecule has 0 aromatic heterocycles. The molecule has 2 N–H and O–H groups in total. The zero-order valence-electron chi connectivity index (χ0n) is 38.2. The third kappa shape index (κ3) is 13.3. The number of hydrogen-bond donors (Lipinski definition) is 2. The van der Waals surface area contributed by atoms with Crippen molar-refractivity contribution in [1.82, 2.24) is 0 Å². The lowest BCUT2D eigenvalue weighted by atomic mass is 9.87. The van der Waals surface area contributed by atoms with Crippen LogP contribution in [0.1, 0.15) is 63.9 Å². The van der Waals surface area contributed by atoms with Gasteiger partial charge in [0.2, 0.25) is 0 Å². The van der Waals surface area contributed by atoms with Crippen LogP contribution in [0, 0.1) is 23.7 Å². The van der Waals surface area contributed by atoms with Crippen molar-refractivity contribution in [3.05, 3.63) is 90.0 Å². The number of hydrogen-bond acceptors (Lipinski definition) is 11. The van der Waals surface area contributed by atoms with E-state index in [2.05, 4.69) is 52.3 Å². The fourth-order valence-corrected chi connectivity index (χ4v) is 12.2. The lowest BCUT2D eigenvalue weighted by Crippen LogP contribution is -2.65. The highest BCUT2D eigenvalue weighted by Crippen LogP contribution is 2.43. The highest BCUT2D eigenvalue weighted by atomic mass is 28.4. The van der Waals surface area contributed by atoms with Gasteiger partial charge in [0.15, 0.2) is 12.6 Å². The second kappa shape index (κ2) is 22.0. The molecule has 13 heteroatoms. The third-order valence-corrected chi connectivity index (χ3v) is 17.3. The molecule has 1 saturated heterocycles. The Morgan fingerprint density at radius 1 is 0.902 bits per heavy atom. The Balaban J connectivity index is 1.63. The Morgan fingerprint density at radius 3 is 2.05 bits per heavy atom. The molecule has 1 fully saturated rings. The van der Waals surface area contributed by atoms with Crippen molar-refractivity contribution >= 4 is 38.8 Å². The number of esters is 1. The lowest BCUT2D eigenvalue weighted by Gasteiger charge is -2.43. The molecule has 0 aliphatic carbocycles. The van der Waals surface area contributed by atoms with Crippen LogP contribution in [0.25, 0.3) is 6.08 Å². The van der Waals surface area contributed by atoms with Gasteiger partial charge < -0.3 is 47.8 Å². The standard InChI is InChI=1S/C48H68O11Si2/c1-34(35(2)31-47(3,4)61(51,38-19-15-13-16-20-38)39-21-17-14-18-22-39)23-25-40(49)44-45(59-48(5,6)58-44)41(56-32-52-7)26-24-36-29-37(54-9)30-42(57-33-53-8)43(36)46(50)55-27-28-60(10,11)12/h13-22,24,26,29-30,34-35,40-41,44-45,49,51H,27-28,31-33H2,1-12H3/b26-24+/t34-,35-,40?,41?,44?,45?/m1/s1. The molecule has 4 unspecified atom stereocenters. The predicted molar refractivity (Wildman–Crippen MR) is 244 cm³/mol. The van der Waals surface area contributed by atoms with E-state index in [1.807, 2.05) is 67.6 Å². The van der Waals surface area contributed by atoms with Crippen LogP contribution in [0.2, 0.25) is 30.7 Å². The SMILES string of the molecule is COCOc1cc(OC)cc(/C=C/C(OCOC)C2OC(C)(C)OC2C(O)C#C[C@@H](C)[C@H](C)CC(C)(C)[Si](O)(c2ccccc2)c2ccccc2)c1C(=O)OCC[Si](C)(C)C. The van der Waals surface area contributed by atoms with E-state index >= 15 is 0 Å². The lowest BCUT2D eigenvalue weighted by molar-refractivity contribution is -0.164. The number of benzene rings is 3. The molecule has 0 saturated carbocycles. The van der Waals surface area contributed by atoms with Gasteiger partial charge in [0.1, 0.15) is 48.3 Å². The van der Waals surface area contributed by atoms with Crippen molar-refractivity contribution in [2.75, 3.05) is 41.5 Å². The van der Waals surface area contributed by atoms with E-state index in [-0.39, 0.29) is 43.3 Å². The molecular weight excluding hydrogens is 809 g/mol. The first kappa shape index (κ1) is 49.8. The summed E-state index contributed by atoms with van der Waals surface area (Å²) in [5.74, 6) is 5.35. The summed E-state index contributed by atoms with van der Waals surface area (Å²) in [6.45, 7) is 18.7. The molecule has 334 valence electrons. The molecular formula is C48H68O11Si2. The molecule has 0 amide bonds. The van der Waals surface area contributed by atoms with E-state index < -0.39 is 57.6 Å². The summed E-state index contributed by atoms with van der Waals surface area (Å²) >= 11 is 0. The second-order valence-electron chi connectivity index (χ2n) is 18.1.